The van der Waals surface area contributed by atoms with Crippen LogP contribution in [0.25, 0.3) is 0 Å². The van der Waals surface area contributed by atoms with Crippen LogP contribution in [0.5, 0.6) is 0 Å². The summed E-state index contributed by atoms with van der Waals surface area (Å²) < 4.78 is 4.68. The highest BCUT2D eigenvalue weighted by Crippen LogP contribution is 1.99. The molecule has 1 rings (SSSR count). The number of nitrogens with one attached hydrogen (secondary N) is 1. The van der Waals surface area contributed by atoms with Crippen molar-refractivity contribution in [3.63, 3.8) is 0 Å². The molecule has 10 heavy (non-hydrogen) atoms. The fourth-order valence-electron chi connectivity index (χ4n) is 0.754. The zero-order valence-electron chi connectivity index (χ0n) is 5.54. The van der Waals surface area contributed by atoms with Crippen LogP contribution in [0.3, 0.4) is 0 Å². The Morgan fingerprint density at radius 2 is 2.60 bits per heavy atom. The van der Waals surface area contributed by atoms with Gasteiger partial charge in [-0.25, -0.2) is 4.79 Å². The topological polar surface area (TPSA) is 41.6 Å². The maximum Gasteiger partial charge on any atom is 0.410 e. The molecule has 0 aliphatic carbocycles. The Morgan fingerprint density at radius 3 is 3.10 bits per heavy atom. The number of hydrogen-bond acceptors (Lipinski definition) is 4. The molecule has 1 aliphatic rings. The molecule has 0 aromatic heterocycles. The van der Waals surface area contributed by atoms with E-state index in [1.807, 2.05) is 0 Å². The molecule has 1 aliphatic heterocycles. The van der Waals surface area contributed by atoms with Gasteiger partial charge in [-0.15, -0.1) is 0 Å². The summed E-state index contributed by atoms with van der Waals surface area (Å²) in [5, 5.41) is 2.91. The average Bonchev–Trinajstić information content (AvgIpc) is 2.31. The van der Waals surface area contributed by atoms with Crippen molar-refractivity contribution < 1.29 is 9.53 Å². The second-order valence-electron chi connectivity index (χ2n) is 1.94. The second kappa shape index (κ2) is 3.68. The number of thiol groups is 1. The lowest BCUT2D eigenvalue weighted by Gasteiger charge is -2.11. The van der Waals surface area contributed by atoms with Crippen LogP contribution >= 0.6 is 12.6 Å². The van der Waals surface area contributed by atoms with E-state index in [1.54, 1.807) is 4.90 Å². The van der Waals surface area contributed by atoms with Crippen LogP contribution in [0.4, 0.5) is 4.79 Å². The molecule has 0 spiro atoms. The summed E-state index contributed by atoms with van der Waals surface area (Å²) in [6, 6.07) is 0. The Morgan fingerprint density at radius 1 is 1.80 bits per heavy atom. The summed E-state index contributed by atoms with van der Waals surface area (Å²) in [7, 11) is 0. The third-order valence-corrected chi connectivity index (χ3v) is 1.48. The third kappa shape index (κ3) is 1.78. The maximum atomic E-state index is 10.7. The van der Waals surface area contributed by atoms with E-state index in [4.69, 9.17) is 0 Å². The third-order valence-electron chi connectivity index (χ3n) is 1.26. The minimum Gasteiger partial charge on any atom is -0.447 e. The largest absolute Gasteiger partial charge is 0.447 e. The fraction of sp³-hybridized carbons (Fsp3) is 0.800. The Bertz CT molecular complexity index is 131. The Hall–Kier alpha value is -0.420. The molecule has 4 nitrogen and oxygen atoms in total. The van der Waals surface area contributed by atoms with E-state index in [-0.39, 0.29) is 6.09 Å². The van der Waals surface area contributed by atoms with Gasteiger partial charge >= 0.3 is 6.09 Å². The van der Waals surface area contributed by atoms with Gasteiger partial charge in [0, 0.05) is 5.88 Å². The number of hydrogen-bond donors (Lipinski definition) is 2. The van der Waals surface area contributed by atoms with Gasteiger partial charge in [-0.1, -0.05) is 0 Å². The molecule has 0 bridgehead atoms. The molecule has 58 valence electrons. The number of carbonyl (C=O) groups excluding carboxylic acids is 1. The van der Waals surface area contributed by atoms with E-state index in [1.165, 1.54) is 0 Å². The number of amides is 1. The van der Waals surface area contributed by atoms with Crippen LogP contribution in [0, 0.1) is 0 Å². The van der Waals surface area contributed by atoms with Crippen molar-refractivity contribution in [3.05, 3.63) is 0 Å². The van der Waals surface area contributed by atoms with Gasteiger partial charge in [-0.3, -0.25) is 10.2 Å². The van der Waals surface area contributed by atoms with Crippen molar-refractivity contribution in [3.8, 4) is 0 Å². The van der Waals surface area contributed by atoms with Gasteiger partial charge in [0.2, 0.25) is 0 Å². The summed E-state index contributed by atoms with van der Waals surface area (Å²) >= 11 is 3.93. The molecule has 1 amide bonds. The van der Waals surface area contributed by atoms with Crippen LogP contribution in [0.1, 0.15) is 0 Å². The zero-order chi connectivity index (χ0) is 7.40. The molecular weight excluding hydrogens is 152 g/mol. The molecule has 0 aromatic carbocycles. The van der Waals surface area contributed by atoms with Crippen molar-refractivity contribution in [1.82, 2.24) is 10.2 Å². The minimum atomic E-state index is -0.241. The van der Waals surface area contributed by atoms with E-state index in [2.05, 4.69) is 22.7 Å². The molecule has 5 heteroatoms. The van der Waals surface area contributed by atoms with Crippen molar-refractivity contribution in [2.24, 2.45) is 0 Å². The monoisotopic (exact) mass is 162 g/mol. The van der Waals surface area contributed by atoms with Gasteiger partial charge in [0.15, 0.2) is 0 Å². The first-order valence-electron chi connectivity index (χ1n) is 3.08. The summed E-state index contributed by atoms with van der Waals surface area (Å²) in [6.07, 6.45) is -0.241. The number of ether oxygens (including phenoxy) is 1. The highest BCUT2D eigenvalue weighted by molar-refractivity contribution is 7.80. The highest BCUT2D eigenvalue weighted by Gasteiger charge is 2.20. The van der Waals surface area contributed by atoms with E-state index in [0.29, 0.717) is 25.7 Å². The van der Waals surface area contributed by atoms with Gasteiger partial charge in [-0.2, -0.15) is 12.6 Å². The molecule has 0 saturated carbocycles. The van der Waals surface area contributed by atoms with Gasteiger partial charge in [0.1, 0.15) is 6.61 Å². The zero-order valence-corrected chi connectivity index (χ0v) is 6.43. The Balaban J connectivity index is 2.20. The van der Waals surface area contributed by atoms with E-state index >= 15 is 0 Å². The predicted octanol–water partition coefficient (Wildman–Crippen LogP) is -0.127. The van der Waals surface area contributed by atoms with E-state index in [0.717, 1.165) is 0 Å². The minimum absolute atomic E-state index is 0.241. The van der Waals surface area contributed by atoms with Crippen LogP contribution in [0.15, 0.2) is 0 Å². The summed E-state index contributed by atoms with van der Waals surface area (Å²) in [5.41, 5.74) is 0. The van der Waals surface area contributed by atoms with Crippen molar-refractivity contribution in [2.75, 3.05) is 25.7 Å². The number of nitrogens with zero attached hydrogens (tertiary/aromatic N) is 1. The molecular formula is C5H10N2O2S. The lowest BCUT2D eigenvalue weighted by atomic mass is 10.6. The van der Waals surface area contributed by atoms with Crippen LogP contribution in [0.2, 0.25) is 0 Å². The van der Waals surface area contributed by atoms with Crippen molar-refractivity contribution in [2.45, 2.75) is 0 Å². The lowest BCUT2D eigenvalue weighted by Crippen LogP contribution is -2.34. The van der Waals surface area contributed by atoms with Gasteiger partial charge in [0.25, 0.3) is 0 Å². The molecule has 0 radical (unpaired) electrons. The normalized spacial score (nSPS) is 17.7. The Labute approximate surface area is 64.9 Å². The van der Waals surface area contributed by atoms with Crippen molar-refractivity contribution in [1.29, 1.82) is 0 Å². The Kier molecular flexibility index (Phi) is 2.82. The molecule has 0 aromatic rings. The van der Waals surface area contributed by atoms with Gasteiger partial charge < -0.3 is 4.74 Å². The maximum absolute atomic E-state index is 10.7. The van der Waals surface area contributed by atoms with Gasteiger partial charge in [0.05, 0.1) is 13.2 Å². The standard InChI is InChI=1S/C5H10N2O2S/c8-5-7(1-2-9-5)3-6-4-10/h6,10H,1-4H2. The molecule has 0 unspecified atom stereocenters. The first-order valence-corrected chi connectivity index (χ1v) is 3.71. The lowest BCUT2D eigenvalue weighted by molar-refractivity contribution is 0.157. The average molecular weight is 162 g/mol. The van der Waals surface area contributed by atoms with E-state index in [9.17, 15) is 4.79 Å². The van der Waals surface area contributed by atoms with Crippen LogP contribution in [-0.2, 0) is 4.74 Å². The number of cyclic esters (lactones) is 1. The fourth-order valence-corrected chi connectivity index (χ4v) is 0.854. The van der Waals surface area contributed by atoms with Crippen molar-refractivity contribution >= 4 is 18.7 Å². The highest BCUT2D eigenvalue weighted by atomic mass is 32.1. The smallest absolute Gasteiger partial charge is 0.410 e. The number of carbonyl (C=O) groups is 1. The van der Waals surface area contributed by atoms with E-state index < -0.39 is 0 Å². The first kappa shape index (κ1) is 7.68. The molecule has 1 fully saturated rings. The second-order valence-corrected chi connectivity index (χ2v) is 2.26. The predicted molar refractivity (Wildman–Crippen MR) is 39.9 cm³/mol. The SMILES string of the molecule is O=C1OCCN1CNCS. The first-order chi connectivity index (χ1) is 4.84. The van der Waals surface area contributed by atoms with Crippen LogP contribution < -0.4 is 5.32 Å². The molecule has 0 atom stereocenters. The molecule has 1 heterocycles. The quantitative estimate of drug-likeness (QED) is 0.449. The number of rotatable bonds is 3. The summed E-state index contributed by atoms with van der Waals surface area (Å²) in [4.78, 5) is 12.3. The van der Waals surface area contributed by atoms with Crippen LogP contribution in [-0.4, -0.2) is 36.7 Å². The molecule has 1 N–H and O–H groups in total. The molecule has 1 saturated heterocycles. The summed E-state index contributed by atoms with van der Waals surface area (Å²) in [5.74, 6) is 0.573. The van der Waals surface area contributed by atoms with Gasteiger partial charge in [-0.05, 0) is 0 Å². The summed E-state index contributed by atoms with van der Waals surface area (Å²) in [6.45, 7) is 1.72.